The van der Waals surface area contributed by atoms with Gasteiger partial charge in [-0.2, -0.15) is 0 Å². The van der Waals surface area contributed by atoms with Gasteiger partial charge in [0.1, 0.15) is 0 Å². The Bertz CT molecular complexity index is 633. The quantitative estimate of drug-likeness (QED) is 0.902. The van der Waals surface area contributed by atoms with E-state index in [9.17, 15) is 4.79 Å². The summed E-state index contributed by atoms with van der Waals surface area (Å²) in [5.41, 5.74) is 10.1. The van der Waals surface area contributed by atoms with Crippen LogP contribution in [0.3, 0.4) is 0 Å². The summed E-state index contributed by atoms with van der Waals surface area (Å²) in [5.74, 6) is -0.471. The van der Waals surface area contributed by atoms with E-state index in [4.69, 9.17) is 17.3 Å². The minimum Gasteiger partial charge on any atom is -0.380 e. The molecule has 0 aliphatic heterocycles. The van der Waals surface area contributed by atoms with Crippen LogP contribution >= 0.6 is 11.6 Å². The molecule has 0 fully saturated rings. The molecule has 0 aliphatic rings. The smallest absolute Gasteiger partial charge is 0.248 e. The van der Waals surface area contributed by atoms with Crippen molar-refractivity contribution in [2.24, 2.45) is 5.73 Å². The van der Waals surface area contributed by atoms with Crippen LogP contribution in [0.25, 0.3) is 0 Å². The van der Waals surface area contributed by atoms with E-state index in [1.807, 2.05) is 12.1 Å². The van der Waals surface area contributed by atoms with Crippen LogP contribution < -0.4 is 11.1 Å². The predicted octanol–water partition coefficient (Wildman–Crippen LogP) is 3.67. The number of anilines is 1. The van der Waals surface area contributed by atoms with Crippen LogP contribution in [0.4, 0.5) is 5.69 Å². The molecule has 0 bridgehead atoms. The highest BCUT2D eigenvalue weighted by molar-refractivity contribution is 6.31. The normalized spacial score (nSPS) is 10.3. The van der Waals surface area contributed by atoms with Gasteiger partial charge in [-0.25, -0.2) is 0 Å². The van der Waals surface area contributed by atoms with Crippen LogP contribution in [-0.2, 0) is 6.54 Å². The molecule has 4 heteroatoms. The van der Waals surface area contributed by atoms with Gasteiger partial charge in [0.2, 0.25) is 5.91 Å². The summed E-state index contributed by atoms with van der Waals surface area (Å²) in [6.45, 7) is 4.73. The maximum atomic E-state index is 11.1. The Morgan fingerprint density at radius 3 is 2.40 bits per heavy atom. The number of rotatable bonds is 4. The topological polar surface area (TPSA) is 55.1 Å². The van der Waals surface area contributed by atoms with E-state index < -0.39 is 5.91 Å². The van der Waals surface area contributed by atoms with Crippen molar-refractivity contribution in [2.45, 2.75) is 20.4 Å². The lowest BCUT2D eigenvalue weighted by Crippen LogP contribution is -2.11. The molecule has 0 saturated heterocycles. The van der Waals surface area contributed by atoms with E-state index in [1.165, 1.54) is 11.1 Å². The molecule has 0 aliphatic carbocycles. The first-order valence-corrected chi connectivity index (χ1v) is 6.75. The summed E-state index contributed by atoms with van der Waals surface area (Å²) < 4.78 is 0. The molecule has 3 nitrogen and oxygen atoms in total. The first-order valence-electron chi connectivity index (χ1n) is 6.37. The molecule has 0 spiro atoms. The number of aryl methyl sites for hydroxylation is 2. The minimum absolute atomic E-state index is 0.422. The SMILES string of the molecule is Cc1cccc(C)c1NCc1ccc(C(N)=O)cc1Cl. The predicted molar refractivity (Wildman–Crippen MR) is 83.2 cm³/mol. The van der Waals surface area contributed by atoms with Gasteiger partial charge in [-0.15, -0.1) is 0 Å². The Balaban J connectivity index is 2.17. The molecule has 0 unspecified atom stereocenters. The van der Waals surface area contributed by atoms with Gasteiger partial charge in [-0.05, 0) is 42.7 Å². The first-order chi connectivity index (χ1) is 9.49. The monoisotopic (exact) mass is 288 g/mol. The third-order valence-electron chi connectivity index (χ3n) is 3.27. The van der Waals surface area contributed by atoms with Gasteiger partial charge < -0.3 is 11.1 Å². The van der Waals surface area contributed by atoms with Gasteiger partial charge in [0, 0.05) is 22.8 Å². The molecule has 0 heterocycles. The van der Waals surface area contributed by atoms with Gasteiger partial charge in [-0.3, -0.25) is 4.79 Å². The number of hydrogen-bond acceptors (Lipinski definition) is 2. The second-order valence-corrected chi connectivity index (χ2v) is 5.20. The molecule has 2 rings (SSSR count). The summed E-state index contributed by atoms with van der Waals surface area (Å²) in [7, 11) is 0. The highest BCUT2D eigenvalue weighted by Gasteiger charge is 2.07. The number of hydrogen-bond donors (Lipinski definition) is 2. The van der Waals surface area contributed by atoms with Crippen LogP contribution in [0.15, 0.2) is 36.4 Å². The number of para-hydroxylation sites is 1. The van der Waals surface area contributed by atoms with Crippen molar-refractivity contribution in [2.75, 3.05) is 5.32 Å². The fourth-order valence-corrected chi connectivity index (χ4v) is 2.37. The number of carbonyl (C=O) groups excluding carboxylic acids is 1. The number of benzene rings is 2. The molecule has 0 radical (unpaired) electrons. The van der Waals surface area contributed by atoms with Crippen LogP contribution in [0.5, 0.6) is 0 Å². The molecular formula is C16H17ClN2O. The van der Waals surface area contributed by atoms with E-state index in [0.717, 1.165) is 11.3 Å². The Labute approximate surface area is 123 Å². The van der Waals surface area contributed by atoms with E-state index in [2.05, 4.69) is 31.3 Å². The lowest BCUT2D eigenvalue weighted by molar-refractivity contribution is 0.100. The van der Waals surface area contributed by atoms with Gasteiger partial charge in [0.25, 0.3) is 0 Å². The number of primary amides is 1. The van der Waals surface area contributed by atoms with Gasteiger partial charge in [-0.1, -0.05) is 35.9 Å². The lowest BCUT2D eigenvalue weighted by atomic mass is 10.1. The Morgan fingerprint density at radius 2 is 1.85 bits per heavy atom. The van der Waals surface area contributed by atoms with Crippen molar-refractivity contribution in [1.82, 2.24) is 0 Å². The van der Waals surface area contributed by atoms with Crippen LogP contribution in [0.2, 0.25) is 5.02 Å². The van der Waals surface area contributed by atoms with Crippen molar-refractivity contribution in [3.63, 3.8) is 0 Å². The van der Waals surface area contributed by atoms with Crippen molar-refractivity contribution < 1.29 is 4.79 Å². The second-order valence-electron chi connectivity index (χ2n) is 4.79. The second kappa shape index (κ2) is 5.97. The molecule has 1 amide bonds. The number of halogens is 1. The zero-order valence-corrected chi connectivity index (χ0v) is 12.3. The average Bonchev–Trinajstić information content (AvgIpc) is 2.39. The third-order valence-corrected chi connectivity index (χ3v) is 3.63. The molecule has 3 N–H and O–H groups in total. The highest BCUT2D eigenvalue weighted by Crippen LogP contribution is 2.23. The summed E-state index contributed by atoms with van der Waals surface area (Å²) in [5, 5.41) is 3.93. The number of carbonyl (C=O) groups is 1. The summed E-state index contributed by atoms with van der Waals surface area (Å²) >= 11 is 6.17. The molecule has 0 saturated carbocycles. The number of nitrogens with two attached hydrogens (primary N) is 1. The third kappa shape index (κ3) is 3.11. The zero-order valence-electron chi connectivity index (χ0n) is 11.5. The fraction of sp³-hybridized carbons (Fsp3) is 0.188. The number of amides is 1. The molecule has 2 aromatic carbocycles. The molecule has 2 aromatic rings. The van der Waals surface area contributed by atoms with Crippen LogP contribution in [0, 0.1) is 13.8 Å². The highest BCUT2D eigenvalue weighted by atomic mass is 35.5. The zero-order chi connectivity index (χ0) is 14.7. The Kier molecular flexibility index (Phi) is 4.30. The maximum absolute atomic E-state index is 11.1. The van der Waals surface area contributed by atoms with Crippen LogP contribution in [-0.4, -0.2) is 5.91 Å². The molecule has 20 heavy (non-hydrogen) atoms. The summed E-state index contributed by atoms with van der Waals surface area (Å²) in [6, 6.07) is 11.3. The standard InChI is InChI=1S/C16H17ClN2O/c1-10-4-3-5-11(2)15(10)19-9-13-7-6-12(16(18)20)8-14(13)17/h3-8,19H,9H2,1-2H3,(H2,18,20). The lowest BCUT2D eigenvalue weighted by Gasteiger charge is -2.13. The Morgan fingerprint density at radius 1 is 1.20 bits per heavy atom. The van der Waals surface area contributed by atoms with Gasteiger partial charge in [0.05, 0.1) is 0 Å². The van der Waals surface area contributed by atoms with E-state index in [1.54, 1.807) is 12.1 Å². The first kappa shape index (κ1) is 14.4. The molecule has 0 atom stereocenters. The van der Waals surface area contributed by atoms with E-state index in [-0.39, 0.29) is 0 Å². The Hall–Kier alpha value is -2.00. The van der Waals surface area contributed by atoms with Crippen molar-refractivity contribution >= 4 is 23.2 Å². The largest absolute Gasteiger partial charge is 0.380 e. The van der Waals surface area contributed by atoms with Gasteiger partial charge >= 0.3 is 0 Å². The van der Waals surface area contributed by atoms with Crippen LogP contribution in [0.1, 0.15) is 27.0 Å². The van der Waals surface area contributed by atoms with Crippen molar-refractivity contribution in [3.05, 3.63) is 63.7 Å². The average molecular weight is 289 g/mol. The van der Waals surface area contributed by atoms with E-state index in [0.29, 0.717) is 17.1 Å². The molecule has 0 aromatic heterocycles. The molecular weight excluding hydrogens is 272 g/mol. The minimum atomic E-state index is -0.471. The maximum Gasteiger partial charge on any atom is 0.248 e. The fourth-order valence-electron chi connectivity index (χ4n) is 2.12. The number of nitrogens with one attached hydrogen (secondary N) is 1. The molecule has 104 valence electrons. The van der Waals surface area contributed by atoms with Crippen molar-refractivity contribution in [1.29, 1.82) is 0 Å². The van der Waals surface area contributed by atoms with E-state index >= 15 is 0 Å². The summed E-state index contributed by atoms with van der Waals surface area (Å²) in [4.78, 5) is 11.1. The van der Waals surface area contributed by atoms with Gasteiger partial charge in [0.15, 0.2) is 0 Å². The van der Waals surface area contributed by atoms with Crippen molar-refractivity contribution in [3.8, 4) is 0 Å². The summed E-state index contributed by atoms with van der Waals surface area (Å²) in [6.07, 6.45) is 0.